The van der Waals surface area contributed by atoms with Gasteiger partial charge in [-0.2, -0.15) is 0 Å². The van der Waals surface area contributed by atoms with Crippen LogP contribution in [-0.2, 0) is 0 Å². The van der Waals surface area contributed by atoms with Gasteiger partial charge in [0.25, 0.3) is 0 Å². The largest absolute Gasteiger partial charge is 0.0851 e. The van der Waals surface area contributed by atoms with Crippen LogP contribution in [0.4, 0.5) is 0 Å². The monoisotopic (exact) mass is 440 g/mol. The van der Waals surface area contributed by atoms with Crippen LogP contribution in [-0.4, -0.2) is 0 Å². The first-order valence-electron chi connectivity index (χ1n) is 15.3. The summed E-state index contributed by atoms with van der Waals surface area (Å²) < 4.78 is 0. The minimum atomic E-state index is 0.855. The van der Waals surface area contributed by atoms with Crippen molar-refractivity contribution in [1.29, 1.82) is 0 Å². The highest BCUT2D eigenvalue weighted by molar-refractivity contribution is 5.16. The van der Waals surface area contributed by atoms with Gasteiger partial charge in [0.05, 0.1) is 0 Å². The van der Waals surface area contributed by atoms with E-state index in [0.29, 0.717) is 0 Å². The van der Waals surface area contributed by atoms with Crippen molar-refractivity contribution in [2.24, 2.45) is 34.5 Å². The molecule has 0 aromatic rings. The molecule has 0 aromatic carbocycles. The highest BCUT2D eigenvalue weighted by Crippen LogP contribution is 2.76. The number of rotatable bonds is 14. The fourth-order valence-corrected chi connectivity index (χ4v) is 8.74. The summed E-state index contributed by atoms with van der Waals surface area (Å²) in [4.78, 5) is 0. The Kier molecular flexibility index (Phi) is 9.26. The van der Waals surface area contributed by atoms with Crippen molar-refractivity contribution in [2.75, 3.05) is 0 Å². The number of hydrogen-bond acceptors (Lipinski definition) is 0. The van der Waals surface area contributed by atoms with Gasteiger partial charge in [0.1, 0.15) is 0 Å². The van der Waals surface area contributed by atoms with Gasteiger partial charge >= 0.3 is 0 Å². The van der Waals surface area contributed by atoms with E-state index >= 15 is 0 Å². The highest BCUT2D eigenvalue weighted by Gasteiger charge is 2.65. The molecule has 5 rings (SSSR count). The molecule has 0 atom stereocenters. The molecule has 0 amide bonds. The minimum Gasteiger partial charge on any atom is -0.0851 e. The third-order valence-corrected chi connectivity index (χ3v) is 10.5. The van der Waals surface area contributed by atoms with E-state index in [-0.39, 0.29) is 0 Å². The van der Waals surface area contributed by atoms with E-state index in [1.54, 1.807) is 25.7 Å². The Morgan fingerprint density at radius 3 is 1.53 bits per heavy atom. The summed E-state index contributed by atoms with van der Waals surface area (Å²) in [5.41, 5.74) is 1.71. The molecule has 0 N–H and O–H groups in total. The predicted molar refractivity (Wildman–Crippen MR) is 141 cm³/mol. The molecule has 0 unspecified atom stereocenters. The average Bonchev–Trinajstić information content (AvgIpc) is 2.76. The van der Waals surface area contributed by atoms with E-state index < -0.39 is 0 Å². The zero-order valence-corrected chi connectivity index (χ0v) is 22.0. The summed E-state index contributed by atoms with van der Waals surface area (Å²) in [5, 5.41) is 0. The molecule has 5 aliphatic rings. The van der Waals surface area contributed by atoms with Crippen molar-refractivity contribution in [3.63, 3.8) is 0 Å². The Morgan fingerprint density at radius 2 is 1.03 bits per heavy atom. The lowest BCUT2D eigenvalue weighted by molar-refractivity contribution is -0.212. The smallest absolute Gasteiger partial charge is 0.0233 e. The van der Waals surface area contributed by atoms with Crippen LogP contribution in [0.2, 0.25) is 0 Å². The van der Waals surface area contributed by atoms with Crippen molar-refractivity contribution in [2.45, 2.75) is 155 Å². The molecule has 184 valence electrons. The molecule has 0 aliphatic heterocycles. The SMILES string of the molecule is CCCCCC1CCC(/C=C/C2CCC(CCCCCC34CC(CCC)(C3)C4)CC2)CC1. The van der Waals surface area contributed by atoms with E-state index in [4.69, 9.17) is 0 Å². The Morgan fingerprint density at radius 1 is 0.531 bits per heavy atom. The summed E-state index contributed by atoms with van der Waals surface area (Å²) in [7, 11) is 0. The van der Waals surface area contributed by atoms with Gasteiger partial charge in [-0.1, -0.05) is 83.8 Å². The van der Waals surface area contributed by atoms with Gasteiger partial charge in [-0.05, 0) is 118 Å². The Balaban J connectivity index is 0.997. The van der Waals surface area contributed by atoms with Crippen LogP contribution in [0.25, 0.3) is 0 Å². The summed E-state index contributed by atoms with van der Waals surface area (Å²) in [6.45, 7) is 4.70. The van der Waals surface area contributed by atoms with Crippen molar-refractivity contribution in [3.05, 3.63) is 12.2 Å². The van der Waals surface area contributed by atoms with Crippen LogP contribution in [0, 0.1) is 34.5 Å². The molecule has 0 radical (unpaired) electrons. The zero-order chi connectivity index (χ0) is 22.3. The summed E-state index contributed by atoms with van der Waals surface area (Å²) in [6, 6.07) is 0. The first-order chi connectivity index (χ1) is 15.6. The second-order valence-electron chi connectivity index (χ2n) is 13.3. The normalized spacial score (nSPS) is 39.1. The van der Waals surface area contributed by atoms with Gasteiger partial charge in [0.15, 0.2) is 0 Å². The fourth-order valence-electron chi connectivity index (χ4n) is 8.74. The van der Waals surface area contributed by atoms with Gasteiger partial charge in [-0.25, -0.2) is 0 Å². The minimum absolute atomic E-state index is 0.855. The van der Waals surface area contributed by atoms with Crippen LogP contribution in [0.3, 0.4) is 0 Å². The molecule has 0 heterocycles. The zero-order valence-electron chi connectivity index (χ0n) is 22.0. The van der Waals surface area contributed by atoms with Gasteiger partial charge < -0.3 is 0 Å². The number of unbranched alkanes of at least 4 members (excludes halogenated alkanes) is 4. The third kappa shape index (κ3) is 6.66. The fraction of sp³-hybridized carbons (Fsp3) is 0.938. The second kappa shape index (κ2) is 11.9. The van der Waals surface area contributed by atoms with E-state index in [1.165, 1.54) is 116 Å². The van der Waals surface area contributed by atoms with Crippen molar-refractivity contribution < 1.29 is 0 Å². The summed E-state index contributed by atoms with van der Waals surface area (Å²) in [6.07, 6.45) is 38.5. The molecule has 0 saturated heterocycles. The maximum absolute atomic E-state index is 2.66. The van der Waals surface area contributed by atoms with Crippen LogP contribution >= 0.6 is 0 Å². The van der Waals surface area contributed by atoms with Crippen molar-refractivity contribution >= 4 is 0 Å². The van der Waals surface area contributed by atoms with Crippen LogP contribution in [0.15, 0.2) is 12.2 Å². The molecular weight excluding hydrogens is 384 g/mol. The number of hydrogen-bond donors (Lipinski definition) is 0. The Hall–Kier alpha value is -0.260. The molecule has 5 saturated carbocycles. The van der Waals surface area contributed by atoms with Gasteiger partial charge in [-0.3, -0.25) is 0 Å². The molecule has 0 heteroatoms. The average molecular weight is 441 g/mol. The standard InChI is InChI=1S/C32H56/c1-3-5-7-10-27-12-16-29(17-13-27)20-21-30-18-14-28(15-19-30)11-8-6-9-23-32-24-31(25-32,26-32)22-4-2/h20-21,27-30H,3-19,22-26H2,1-2H3/b21-20+. The lowest BCUT2D eigenvalue weighted by Crippen LogP contribution is -2.61. The van der Waals surface area contributed by atoms with Crippen LogP contribution in [0.1, 0.15) is 155 Å². The molecule has 32 heavy (non-hydrogen) atoms. The lowest BCUT2D eigenvalue weighted by Gasteiger charge is -2.72. The first-order valence-corrected chi connectivity index (χ1v) is 15.3. The van der Waals surface area contributed by atoms with E-state index in [0.717, 1.165) is 34.5 Å². The summed E-state index contributed by atoms with van der Waals surface area (Å²) >= 11 is 0. The quantitative estimate of drug-likeness (QED) is 0.186. The van der Waals surface area contributed by atoms with E-state index in [2.05, 4.69) is 26.0 Å². The number of allylic oxidation sites excluding steroid dienone is 2. The third-order valence-electron chi connectivity index (χ3n) is 10.5. The second-order valence-corrected chi connectivity index (χ2v) is 13.3. The Labute approximate surface area is 201 Å². The van der Waals surface area contributed by atoms with E-state index in [9.17, 15) is 0 Å². The summed E-state index contributed by atoms with van der Waals surface area (Å²) in [5.74, 6) is 3.93. The lowest BCUT2D eigenvalue weighted by atomic mass is 9.33. The highest BCUT2D eigenvalue weighted by atomic mass is 14.7. The molecule has 2 bridgehead atoms. The van der Waals surface area contributed by atoms with Crippen molar-refractivity contribution in [3.8, 4) is 0 Å². The van der Waals surface area contributed by atoms with Gasteiger partial charge in [0.2, 0.25) is 0 Å². The molecule has 5 aliphatic carbocycles. The van der Waals surface area contributed by atoms with Gasteiger partial charge in [0, 0.05) is 0 Å². The van der Waals surface area contributed by atoms with E-state index in [1.807, 2.05) is 0 Å². The molecule has 0 aromatic heterocycles. The van der Waals surface area contributed by atoms with Crippen LogP contribution in [0.5, 0.6) is 0 Å². The first kappa shape index (κ1) is 24.9. The maximum Gasteiger partial charge on any atom is -0.0233 e. The Bertz CT molecular complexity index is 535. The maximum atomic E-state index is 2.66. The van der Waals surface area contributed by atoms with Crippen LogP contribution < -0.4 is 0 Å². The molecular formula is C32H56. The topological polar surface area (TPSA) is 0 Å². The van der Waals surface area contributed by atoms with Gasteiger partial charge in [-0.15, -0.1) is 0 Å². The molecule has 5 fully saturated rings. The molecule has 0 nitrogen and oxygen atoms in total. The van der Waals surface area contributed by atoms with Crippen molar-refractivity contribution in [1.82, 2.24) is 0 Å². The molecule has 0 spiro atoms. The predicted octanol–water partition coefficient (Wildman–Crippen LogP) is 10.7.